The maximum atomic E-state index is 10.9. The maximum Gasteiger partial charge on any atom is 0.252 e. The van der Waals surface area contributed by atoms with Gasteiger partial charge in [0.15, 0.2) is 12.6 Å². The summed E-state index contributed by atoms with van der Waals surface area (Å²) in [5, 5.41) is 19.0. The zero-order chi connectivity index (χ0) is 9.52. The molecule has 0 saturated carbocycles. The Morgan fingerprint density at radius 2 is 2.08 bits per heavy atom. The number of nitriles is 1. The standard InChI is InChI=1S/C10H10N2O/c11-7-9-12(13)8-6-10-4-2-1-3-5-10/h1-5,9H,6,8H2/b12-9-. The highest BCUT2D eigenvalue weighted by Gasteiger charge is 1.95. The first-order valence-electron chi connectivity index (χ1n) is 4.03. The molecule has 13 heavy (non-hydrogen) atoms. The average Bonchev–Trinajstić information content (AvgIpc) is 2.17. The Labute approximate surface area is 77.1 Å². The maximum absolute atomic E-state index is 10.9. The molecule has 3 heteroatoms. The van der Waals surface area contributed by atoms with Crippen LogP contribution in [0.1, 0.15) is 5.56 Å². The first-order chi connectivity index (χ1) is 6.33. The molecule has 3 nitrogen and oxygen atoms in total. The van der Waals surface area contributed by atoms with Crippen molar-refractivity contribution >= 4 is 6.21 Å². The van der Waals surface area contributed by atoms with Crippen LogP contribution in [0.2, 0.25) is 0 Å². The van der Waals surface area contributed by atoms with Gasteiger partial charge in [0.1, 0.15) is 0 Å². The molecule has 0 radical (unpaired) electrons. The monoisotopic (exact) mass is 174 g/mol. The van der Waals surface area contributed by atoms with Crippen molar-refractivity contribution in [2.24, 2.45) is 0 Å². The molecule has 1 rings (SSSR count). The number of hydrogen-bond acceptors (Lipinski definition) is 2. The van der Waals surface area contributed by atoms with E-state index in [0.717, 1.165) is 11.8 Å². The van der Waals surface area contributed by atoms with Crippen molar-refractivity contribution in [2.75, 3.05) is 6.54 Å². The van der Waals surface area contributed by atoms with Gasteiger partial charge in [-0.05, 0) is 5.56 Å². The van der Waals surface area contributed by atoms with Crippen molar-refractivity contribution in [1.82, 2.24) is 0 Å². The molecule has 0 atom stereocenters. The van der Waals surface area contributed by atoms with E-state index in [1.165, 1.54) is 0 Å². The highest BCUT2D eigenvalue weighted by atomic mass is 16.5. The lowest BCUT2D eigenvalue weighted by atomic mass is 10.2. The van der Waals surface area contributed by atoms with Gasteiger partial charge in [-0.2, -0.15) is 5.26 Å². The van der Waals surface area contributed by atoms with E-state index in [4.69, 9.17) is 5.26 Å². The van der Waals surface area contributed by atoms with E-state index in [-0.39, 0.29) is 0 Å². The molecule has 0 aromatic heterocycles. The normalized spacial score (nSPS) is 10.8. The molecule has 0 aliphatic rings. The molecule has 1 aromatic carbocycles. The van der Waals surface area contributed by atoms with Gasteiger partial charge in [0.2, 0.25) is 0 Å². The molecule has 0 aliphatic heterocycles. The number of rotatable bonds is 3. The van der Waals surface area contributed by atoms with Crippen LogP contribution in [0.4, 0.5) is 0 Å². The second kappa shape index (κ2) is 4.94. The largest absolute Gasteiger partial charge is 0.623 e. The first-order valence-corrected chi connectivity index (χ1v) is 4.03. The summed E-state index contributed by atoms with van der Waals surface area (Å²) < 4.78 is 0.646. The molecule has 0 spiro atoms. The number of hydroxylamine groups is 1. The SMILES string of the molecule is N#C/C=[N+](\[O-])CCc1ccccc1. The van der Waals surface area contributed by atoms with Crippen LogP contribution >= 0.6 is 0 Å². The molecule has 0 heterocycles. The molecule has 0 unspecified atom stereocenters. The summed E-state index contributed by atoms with van der Waals surface area (Å²) >= 11 is 0. The second-order valence-electron chi connectivity index (χ2n) is 2.63. The fourth-order valence-corrected chi connectivity index (χ4v) is 1.01. The molecule has 0 fully saturated rings. The third-order valence-electron chi connectivity index (χ3n) is 1.67. The Hall–Kier alpha value is -1.82. The zero-order valence-corrected chi connectivity index (χ0v) is 7.18. The Balaban J connectivity index is 2.45. The molecule has 0 bridgehead atoms. The molecule has 0 saturated heterocycles. The van der Waals surface area contributed by atoms with Gasteiger partial charge < -0.3 is 5.21 Å². The molecule has 0 N–H and O–H groups in total. The molecule has 1 aromatic rings. The average molecular weight is 174 g/mol. The van der Waals surface area contributed by atoms with Crippen LogP contribution in [-0.4, -0.2) is 17.5 Å². The molecular formula is C10H10N2O. The number of benzene rings is 1. The van der Waals surface area contributed by atoms with Gasteiger partial charge in [0.05, 0.1) is 0 Å². The van der Waals surface area contributed by atoms with Gasteiger partial charge in [-0.25, -0.2) is 4.74 Å². The fourth-order valence-electron chi connectivity index (χ4n) is 1.01. The Morgan fingerprint density at radius 3 is 2.69 bits per heavy atom. The van der Waals surface area contributed by atoms with E-state index >= 15 is 0 Å². The highest BCUT2D eigenvalue weighted by molar-refractivity contribution is 5.70. The van der Waals surface area contributed by atoms with Crippen LogP contribution in [-0.2, 0) is 6.42 Å². The first kappa shape index (κ1) is 9.27. The van der Waals surface area contributed by atoms with Crippen molar-refractivity contribution in [3.05, 3.63) is 41.1 Å². The number of hydrogen-bond donors (Lipinski definition) is 0. The lowest BCUT2D eigenvalue weighted by Gasteiger charge is -2.01. The van der Waals surface area contributed by atoms with Crippen LogP contribution in [0.25, 0.3) is 0 Å². The Morgan fingerprint density at radius 1 is 1.38 bits per heavy atom. The predicted octanol–water partition coefficient (Wildman–Crippen LogP) is 1.33. The minimum atomic E-state index is 0.331. The minimum absolute atomic E-state index is 0.331. The van der Waals surface area contributed by atoms with Gasteiger partial charge in [-0.15, -0.1) is 0 Å². The van der Waals surface area contributed by atoms with Crippen molar-refractivity contribution in [3.8, 4) is 6.07 Å². The second-order valence-corrected chi connectivity index (χ2v) is 2.63. The highest BCUT2D eigenvalue weighted by Crippen LogP contribution is 1.98. The number of nitrogens with zero attached hydrogens (tertiary/aromatic N) is 2. The lowest BCUT2D eigenvalue weighted by molar-refractivity contribution is -0.450. The van der Waals surface area contributed by atoms with Crippen molar-refractivity contribution < 1.29 is 4.74 Å². The van der Waals surface area contributed by atoms with Crippen molar-refractivity contribution in [1.29, 1.82) is 5.26 Å². The van der Waals surface area contributed by atoms with Gasteiger partial charge in [-0.1, -0.05) is 30.3 Å². The third kappa shape index (κ3) is 3.39. The van der Waals surface area contributed by atoms with E-state index in [1.54, 1.807) is 6.07 Å². The van der Waals surface area contributed by atoms with E-state index < -0.39 is 0 Å². The summed E-state index contributed by atoms with van der Waals surface area (Å²) in [6.07, 6.45) is 1.64. The molecule has 0 aliphatic carbocycles. The van der Waals surface area contributed by atoms with Crippen LogP contribution in [0.5, 0.6) is 0 Å². The van der Waals surface area contributed by atoms with E-state index in [1.807, 2.05) is 30.3 Å². The van der Waals surface area contributed by atoms with Crippen LogP contribution in [0, 0.1) is 16.5 Å². The quantitative estimate of drug-likeness (QED) is 0.300. The smallest absolute Gasteiger partial charge is 0.252 e. The zero-order valence-electron chi connectivity index (χ0n) is 7.18. The summed E-state index contributed by atoms with van der Waals surface area (Å²) in [4.78, 5) is 0. The third-order valence-corrected chi connectivity index (χ3v) is 1.67. The molecule has 0 amide bonds. The molecule has 66 valence electrons. The van der Waals surface area contributed by atoms with Crippen molar-refractivity contribution in [2.45, 2.75) is 6.42 Å². The summed E-state index contributed by atoms with van der Waals surface area (Å²) in [7, 11) is 0. The van der Waals surface area contributed by atoms with E-state index in [0.29, 0.717) is 17.7 Å². The Bertz CT molecular complexity index is 325. The topological polar surface area (TPSA) is 49.9 Å². The predicted molar refractivity (Wildman–Crippen MR) is 50.3 cm³/mol. The van der Waals surface area contributed by atoms with Crippen LogP contribution < -0.4 is 0 Å². The minimum Gasteiger partial charge on any atom is -0.623 e. The lowest BCUT2D eigenvalue weighted by Crippen LogP contribution is -2.08. The van der Waals surface area contributed by atoms with Gasteiger partial charge >= 0.3 is 0 Å². The van der Waals surface area contributed by atoms with Gasteiger partial charge in [0.25, 0.3) is 6.21 Å². The van der Waals surface area contributed by atoms with Gasteiger partial charge in [-0.3, -0.25) is 0 Å². The summed E-state index contributed by atoms with van der Waals surface area (Å²) in [6, 6.07) is 11.4. The summed E-state index contributed by atoms with van der Waals surface area (Å²) in [5.41, 5.74) is 1.11. The summed E-state index contributed by atoms with van der Waals surface area (Å²) in [6.45, 7) is 0.331. The van der Waals surface area contributed by atoms with Crippen molar-refractivity contribution in [3.63, 3.8) is 0 Å². The van der Waals surface area contributed by atoms with Gasteiger partial charge in [0, 0.05) is 6.42 Å². The summed E-state index contributed by atoms with van der Waals surface area (Å²) in [5.74, 6) is 0. The van der Waals surface area contributed by atoms with Crippen LogP contribution in [0.15, 0.2) is 30.3 Å². The molecular weight excluding hydrogens is 164 g/mol. The fraction of sp³-hybridized carbons (Fsp3) is 0.200. The van der Waals surface area contributed by atoms with E-state index in [2.05, 4.69) is 0 Å². The van der Waals surface area contributed by atoms with E-state index in [9.17, 15) is 5.21 Å². The Kier molecular flexibility index (Phi) is 3.52. The van der Waals surface area contributed by atoms with Crippen LogP contribution in [0.3, 0.4) is 0 Å².